The van der Waals surface area contributed by atoms with E-state index >= 15 is 0 Å². The van der Waals surface area contributed by atoms with Crippen molar-refractivity contribution in [2.45, 2.75) is 58.4 Å². The molecule has 122 valence electrons. The topological polar surface area (TPSA) is 90.5 Å². The molecule has 0 aromatic heterocycles. The van der Waals surface area contributed by atoms with Crippen molar-refractivity contribution < 1.29 is 14.7 Å². The summed E-state index contributed by atoms with van der Waals surface area (Å²) in [6, 6.07) is 0.572. The molecular formula is C15H29N3O3. The lowest BCUT2D eigenvalue weighted by Crippen LogP contribution is -2.38. The summed E-state index contributed by atoms with van der Waals surface area (Å²) < 4.78 is 0. The third kappa shape index (κ3) is 10.1. The van der Waals surface area contributed by atoms with Crippen molar-refractivity contribution in [3.05, 3.63) is 0 Å². The van der Waals surface area contributed by atoms with Crippen molar-refractivity contribution in [3.63, 3.8) is 0 Å². The second-order valence-corrected chi connectivity index (χ2v) is 6.57. The first-order chi connectivity index (χ1) is 9.89. The Morgan fingerprint density at radius 2 is 1.76 bits per heavy atom. The molecule has 0 atom stereocenters. The molecule has 2 amide bonds. The molecule has 0 heterocycles. The normalized spacial score (nSPS) is 14.8. The summed E-state index contributed by atoms with van der Waals surface area (Å²) in [5.41, 5.74) is -0.0696. The van der Waals surface area contributed by atoms with Crippen LogP contribution in [0.2, 0.25) is 0 Å². The molecule has 1 rings (SSSR count). The molecule has 4 N–H and O–H groups in total. The number of hydrogen-bond acceptors (Lipinski definition) is 3. The van der Waals surface area contributed by atoms with Crippen molar-refractivity contribution in [1.29, 1.82) is 0 Å². The SMILES string of the molecule is CC(C)(CCNC(=O)NCCCNC1CC1)CCC(=O)O. The van der Waals surface area contributed by atoms with Crippen LogP contribution in [-0.4, -0.2) is 42.8 Å². The molecule has 0 unspecified atom stereocenters. The number of urea groups is 1. The Kier molecular flexibility index (Phi) is 7.50. The number of carbonyl (C=O) groups excluding carboxylic acids is 1. The first kappa shape index (κ1) is 17.8. The minimum Gasteiger partial charge on any atom is -0.481 e. The number of carboxylic acid groups (broad SMARTS) is 1. The number of aliphatic carboxylic acids is 1. The molecule has 1 aliphatic rings. The Labute approximate surface area is 127 Å². The van der Waals surface area contributed by atoms with Crippen LogP contribution in [0.3, 0.4) is 0 Å². The minimum absolute atomic E-state index is 0.0696. The summed E-state index contributed by atoms with van der Waals surface area (Å²) in [4.78, 5) is 22.1. The lowest BCUT2D eigenvalue weighted by molar-refractivity contribution is -0.137. The highest BCUT2D eigenvalue weighted by Crippen LogP contribution is 2.25. The fourth-order valence-electron chi connectivity index (χ4n) is 2.03. The van der Waals surface area contributed by atoms with Gasteiger partial charge in [0.15, 0.2) is 0 Å². The monoisotopic (exact) mass is 299 g/mol. The zero-order valence-electron chi connectivity index (χ0n) is 13.2. The molecule has 0 aromatic carbocycles. The van der Waals surface area contributed by atoms with Crippen LogP contribution in [0.15, 0.2) is 0 Å². The molecule has 0 aliphatic heterocycles. The van der Waals surface area contributed by atoms with Crippen LogP contribution in [0, 0.1) is 5.41 Å². The van der Waals surface area contributed by atoms with E-state index in [9.17, 15) is 9.59 Å². The van der Waals surface area contributed by atoms with Crippen LogP contribution < -0.4 is 16.0 Å². The molecule has 0 radical (unpaired) electrons. The van der Waals surface area contributed by atoms with E-state index in [1.54, 1.807) is 0 Å². The Balaban J connectivity index is 1.96. The predicted molar refractivity (Wildman–Crippen MR) is 82.3 cm³/mol. The highest BCUT2D eigenvalue weighted by molar-refractivity contribution is 5.73. The summed E-state index contributed by atoms with van der Waals surface area (Å²) in [7, 11) is 0. The van der Waals surface area contributed by atoms with Gasteiger partial charge in [0.25, 0.3) is 0 Å². The molecule has 0 aromatic rings. The van der Waals surface area contributed by atoms with Gasteiger partial charge in [-0.2, -0.15) is 0 Å². The van der Waals surface area contributed by atoms with Gasteiger partial charge >= 0.3 is 12.0 Å². The predicted octanol–water partition coefficient (Wildman–Crippen LogP) is 1.71. The molecule has 6 nitrogen and oxygen atoms in total. The number of carboxylic acids is 1. The van der Waals surface area contributed by atoms with Gasteiger partial charge in [-0.25, -0.2) is 4.79 Å². The van der Waals surface area contributed by atoms with Crippen molar-refractivity contribution in [3.8, 4) is 0 Å². The third-order valence-electron chi connectivity index (χ3n) is 3.75. The highest BCUT2D eigenvalue weighted by atomic mass is 16.4. The van der Waals surface area contributed by atoms with Gasteiger partial charge in [0.05, 0.1) is 0 Å². The minimum atomic E-state index is -0.770. The van der Waals surface area contributed by atoms with Gasteiger partial charge in [-0.15, -0.1) is 0 Å². The number of nitrogens with one attached hydrogen (secondary N) is 3. The van der Waals surface area contributed by atoms with Crippen LogP contribution in [0.5, 0.6) is 0 Å². The van der Waals surface area contributed by atoms with Crippen LogP contribution in [0.1, 0.15) is 52.4 Å². The fourth-order valence-corrected chi connectivity index (χ4v) is 2.03. The van der Waals surface area contributed by atoms with E-state index < -0.39 is 5.97 Å². The summed E-state index contributed by atoms with van der Waals surface area (Å²) in [6.45, 7) is 6.25. The fraction of sp³-hybridized carbons (Fsp3) is 0.867. The smallest absolute Gasteiger partial charge is 0.314 e. The van der Waals surface area contributed by atoms with Gasteiger partial charge in [0.1, 0.15) is 0 Å². The zero-order valence-corrected chi connectivity index (χ0v) is 13.2. The average molecular weight is 299 g/mol. The molecule has 0 spiro atoms. The number of rotatable bonds is 11. The maximum Gasteiger partial charge on any atom is 0.314 e. The van der Waals surface area contributed by atoms with E-state index in [1.807, 2.05) is 13.8 Å². The Hall–Kier alpha value is -1.30. The van der Waals surface area contributed by atoms with Gasteiger partial charge in [-0.1, -0.05) is 13.8 Å². The van der Waals surface area contributed by atoms with Gasteiger partial charge in [-0.05, 0) is 44.1 Å². The Bertz CT molecular complexity index is 341. The second kappa shape index (κ2) is 8.87. The largest absolute Gasteiger partial charge is 0.481 e. The van der Waals surface area contributed by atoms with Crippen molar-refractivity contribution in [2.24, 2.45) is 5.41 Å². The average Bonchev–Trinajstić information content (AvgIpc) is 3.20. The van der Waals surface area contributed by atoms with Crippen molar-refractivity contribution in [2.75, 3.05) is 19.6 Å². The number of amides is 2. The first-order valence-corrected chi connectivity index (χ1v) is 7.86. The van der Waals surface area contributed by atoms with Gasteiger partial charge in [0, 0.05) is 25.6 Å². The van der Waals surface area contributed by atoms with Crippen LogP contribution >= 0.6 is 0 Å². The van der Waals surface area contributed by atoms with E-state index in [-0.39, 0.29) is 17.9 Å². The maximum atomic E-state index is 11.6. The standard InChI is InChI=1S/C15H29N3O3/c1-15(2,7-6-13(19)20)8-11-18-14(21)17-10-3-9-16-12-4-5-12/h12,16H,3-11H2,1-2H3,(H,19,20)(H2,17,18,21). The quantitative estimate of drug-likeness (QED) is 0.437. The van der Waals surface area contributed by atoms with Crippen LogP contribution in [0.4, 0.5) is 4.79 Å². The number of carbonyl (C=O) groups is 2. The van der Waals surface area contributed by atoms with Crippen molar-refractivity contribution >= 4 is 12.0 Å². The highest BCUT2D eigenvalue weighted by Gasteiger charge is 2.20. The first-order valence-electron chi connectivity index (χ1n) is 7.86. The summed E-state index contributed by atoms with van der Waals surface area (Å²) in [5.74, 6) is -0.770. The van der Waals surface area contributed by atoms with E-state index in [4.69, 9.17) is 5.11 Å². The van der Waals surface area contributed by atoms with E-state index in [2.05, 4.69) is 16.0 Å². The van der Waals surface area contributed by atoms with Crippen molar-refractivity contribution in [1.82, 2.24) is 16.0 Å². The van der Waals surface area contributed by atoms with Gasteiger partial charge in [-0.3, -0.25) is 4.79 Å². The van der Waals surface area contributed by atoms with Crippen LogP contribution in [-0.2, 0) is 4.79 Å². The lowest BCUT2D eigenvalue weighted by Gasteiger charge is -2.23. The molecule has 6 heteroatoms. The van der Waals surface area contributed by atoms with Gasteiger partial charge < -0.3 is 21.1 Å². The molecule has 1 saturated carbocycles. The summed E-state index contributed by atoms with van der Waals surface area (Å²) >= 11 is 0. The zero-order chi connectivity index (χ0) is 15.7. The molecule has 1 fully saturated rings. The Morgan fingerprint density at radius 1 is 1.10 bits per heavy atom. The second-order valence-electron chi connectivity index (χ2n) is 6.57. The molecule has 1 aliphatic carbocycles. The molecule has 0 bridgehead atoms. The summed E-state index contributed by atoms with van der Waals surface area (Å²) in [6.07, 6.45) is 5.08. The molecule has 0 saturated heterocycles. The van der Waals surface area contributed by atoms with E-state index in [1.165, 1.54) is 12.8 Å². The molecule has 21 heavy (non-hydrogen) atoms. The molecular weight excluding hydrogens is 270 g/mol. The summed E-state index contributed by atoms with van der Waals surface area (Å²) in [5, 5.41) is 17.7. The Morgan fingerprint density at radius 3 is 2.38 bits per heavy atom. The van der Waals surface area contributed by atoms with E-state index in [0.717, 1.165) is 19.4 Å². The van der Waals surface area contributed by atoms with Gasteiger partial charge in [0.2, 0.25) is 0 Å². The van der Waals surface area contributed by atoms with E-state index in [0.29, 0.717) is 25.6 Å². The van der Waals surface area contributed by atoms with Crippen LogP contribution in [0.25, 0.3) is 0 Å². The third-order valence-corrected chi connectivity index (χ3v) is 3.75. The lowest BCUT2D eigenvalue weighted by atomic mass is 9.84. The maximum absolute atomic E-state index is 11.6. The number of hydrogen-bond donors (Lipinski definition) is 4.